The van der Waals surface area contributed by atoms with Crippen LogP contribution in [0.5, 0.6) is 0 Å². The zero-order valence-corrected chi connectivity index (χ0v) is 46.7. The molecule has 6 nitrogen and oxygen atoms in total. The van der Waals surface area contributed by atoms with E-state index >= 15 is 0 Å². The molecule has 0 spiro atoms. The van der Waals surface area contributed by atoms with Gasteiger partial charge < -0.3 is 14.2 Å². The largest absolute Gasteiger partial charge is 0.462 e. The highest BCUT2D eigenvalue weighted by molar-refractivity contribution is 5.71. The molecule has 0 fully saturated rings. The van der Waals surface area contributed by atoms with Gasteiger partial charge in [0.1, 0.15) is 13.2 Å². The zero-order valence-electron chi connectivity index (χ0n) is 46.7. The summed E-state index contributed by atoms with van der Waals surface area (Å²) in [6, 6.07) is 0. The predicted octanol–water partition coefficient (Wildman–Crippen LogP) is 20.4. The van der Waals surface area contributed by atoms with Gasteiger partial charge >= 0.3 is 17.9 Å². The van der Waals surface area contributed by atoms with E-state index in [4.69, 9.17) is 14.2 Å². The van der Waals surface area contributed by atoms with Gasteiger partial charge in [0.05, 0.1) is 0 Å². The molecule has 0 aromatic heterocycles. The van der Waals surface area contributed by atoms with Crippen molar-refractivity contribution in [2.45, 2.75) is 355 Å². The second kappa shape index (κ2) is 54.7. The van der Waals surface area contributed by atoms with E-state index in [1.54, 1.807) is 0 Å². The lowest BCUT2D eigenvalue weighted by Crippen LogP contribution is -2.30. The molecule has 0 aliphatic heterocycles. The summed E-state index contributed by atoms with van der Waals surface area (Å²) in [5.41, 5.74) is 0. The minimum absolute atomic E-state index is 0.0633. The molecule has 68 heavy (non-hydrogen) atoms. The van der Waals surface area contributed by atoms with Gasteiger partial charge in [-0.15, -0.1) is 0 Å². The second-order valence-corrected chi connectivity index (χ2v) is 22.1. The lowest BCUT2D eigenvalue weighted by atomic mass is 9.99. The molecule has 0 saturated carbocycles. The van der Waals surface area contributed by atoms with Crippen LogP contribution in [-0.2, 0) is 28.6 Å². The fraction of sp³-hybridized carbons (Fsp3) is 0.952. The van der Waals surface area contributed by atoms with Crippen molar-refractivity contribution < 1.29 is 28.6 Å². The molecule has 0 radical (unpaired) electrons. The smallest absolute Gasteiger partial charge is 0.306 e. The minimum Gasteiger partial charge on any atom is -0.462 e. The minimum atomic E-state index is -0.763. The molecule has 0 amide bonds. The summed E-state index contributed by atoms with van der Waals surface area (Å²) in [4.78, 5) is 38.1. The van der Waals surface area contributed by atoms with Crippen molar-refractivity contribution in [1.29, 1.82) is 0 Å². The van der Waals surface area contributed by atoms with Gasteiger partial charge in [0.25, 0.3) is 0 Å². The van der Waals surface area contributed by atoms with Gasteiger partial charge in [-0.25, -0.2) is 0 Å². The molecular weight excluding hydrogens is 841 g/mol. The normalized spacial score (nSPS) is 12.4. The van der Waals surface area contributed by atoms with Crippen molar-refractivity contribution in [1.82, 2.24) is 0 Å². The van der Waals surface area contributed by atoms with E-state index in [1.165, 1.54) is 238 Å². The third-order valence-corrected chi connectivity index (χ3v) is 14.6. The maximum atomic E-state index is 12.9. The van der Waals surface area contributed by atoms with Gasteiger partial charge in [-0.2, -0.15) is 0 Å². The highest BCUT2D eigenvalue weighted by Crippen LogP contribution is 2.19. The van der Waals surface area contributed by atoms with Crippen molar-refractivity contribution in [3.8, 4) is 0 Å². The average Bonchev–Trinajstić information content (AvgIpc) is 3.33. The number of rotatable bonds is 56. The van der Waals surface area contributed by atoms with Crippen LogP contribution in [0.15, 0.2) is 0 Å². The molecule has 0 aromatic rings. The number of unbranched alkanes of at least 4 members (excludes halogenated alkanes) is 40. The molecule has 0 bridgehead atoms. The first kappa shape index (κ1) is 66.4. The maximum absolute atomic E-state index is 12.9. The Morgan fingerprint density at radius 2 is 0.559 bits per heavy atom. The summed E-state index contributed by atoms with van der Waals surface area (Å²) in [5.74, 6) is 0.830. The highest BCUT2D eigenvalue weighted by Gasteiger charge is 2.19. The van der Waals surface area contributed by atoms with Crippen molar-refractivity contribution in [3.05, 3.63) is 0 Å². The Kier molecular flexibility index (Phi) is 53.5. The molecule has 2 atom stereocenters. The second-order valence-electron chi connectivity index (χ2n) is 22.1. The standard InChI is InChI=1S/C62H120O6/c1-6-8-9-10-11-12-13-14-15-16-17-21-24-27-30-33-36-42-47-52-60(63)66-55-59(56-67-61(64)53-48-43-39-38-40-45-50-57(3)4)68-62(65)54-49-44-37-34-31-28-25-22-19-18-20-23-26-29-32-35-41-46-51-58(5)7-2/h57-59H,6-56H2,1-5H3/t58?,59-/m0/s1. The highest BCUT2D eigenvalue weighted by atomic mass is 16.6. The molecular formula is C62H120O6. The van der Waals surface area contributed by atoms with E-state index in [0.717, 1.165) is 69.6 Å². The Labute approximate surface area is 425 Å². The summed E-state index contributed by atoms with van der Waals surface area (Å²) >= 11 is 0. The summed E-state index contributed by atoms with van der Waals surface area (Å²) in [6.45, 7) is 11.4. The first-order chi connectivity index (χ1) is 33.3. The molecule has 0 aliphatic rings. The van der Waals surface area contributed by atoms with Crippen molar-refractivity contribution in [2.75, 3.05) is 13.2 Å². The molecule has 0 N–H and O–H groups in total. The van der Waals surface area contributed by atoms with Crippen LogP contribution in [0.2, 0.25) is 0 Å². The zero-order chi connectivity index (χ0) is 49.6. The third kappa shape index (κ3) is 53.8. The van der Waals surface area contributed by atoms with Gasteiger partial charge in [-0.05, 0) is 31.1 Å². The first-order valence-electron chi connectivity index (χ1n) is 30.8. The summed E-state index contributed by atoms with van der Waals surface area (Å²) < 4.78 is 16.9. The monoisotopic (exact) mass is 961 g/mol. The first-order valence-corrected chi connectivity index (χ1v) is 30.8. The van der Waals surface area contributed by atoms with Crippen molar-refractivity contribution in [2.24, 2.45) is 11.8 Å². The number of esters is 3. The number of carbonyl (C=O) groups is 3. The van der Waals surface area contributed by atoms with Gasteiger partial charge in [-0.1, -0.05) is 311 Å². The van der Waals surface area contributed by atoms with E-state index in [2.05, 4.69) is 34.6 Å². The van der Waals surface area contributed by atoms with Crippen LogP contribution < -0.4 is 0 Å². The molecule has 0 rings (SSSR count). The molecule has 6 heteroatoms. The fourth-order valence-corrected chi connectivity index (χ4v) is 9.55. The fourth-order valence-electron chi connectivity index (χ4n) is 9.55. The van der Waals surface area contributed by atoms with Gasteiger partial charge in [0.2, 0.25) is 0 Å². The van der Waals surface area contributed by atoms with Crippen LogP contribution in [-0.4, -0.2) is 37.2 Å². The van der Waals surface area contributed by atoms with E-state index in [1.807, 2.05) is 0 Å². The van der Waals surface area contributed by atoms with E-state index < -0.39 is 6.10 Å². The summed E-state index contributed by atoms with van der Waals surface area (Å²) in [6.07, 6.45) is 59.8. The lowest BCUT2D eigenvalue weighted by molar-refractivity contribution is -0.167. The van der Waals surface area contributed by atoms with Crippen LogP contribution in [0.1, 0.15) is 349 Å². The Bertz CT molecular complexity index is 1040. The summed E-state index contributed by atoms with van der Waals surface area (Å²) in [7, 11) is 0. The Hall–Kier alpha value is -1.59. The molecule has 0 heterocycles. The molecule has 0 aromatic carbocycles. The Morgan fingerprint density at radius 1 is 0.309 bits per heavy atom. The predicted molar refractivity (Wildman–Crippen MR) is 293 cm³/mol. The van der Waals surface area contributed by atoms with Crippen LogP contribution in [0.3, 0.4) is 0 Å². The van der Waals surface area contributed by atoms with Crippen LogP contribution in [0.4, 0.5) is 0 Å². The van der Waals surface area contributed by atoms with E-state index in [-0.39, 0.29) is 31.1 Å². The van der Waals surface area contributed by atoms with Crippen LogP contribution in [0, 0.1) is 11.8 Å². The van der Waals surface area contributed by atoms with Crippen molar-refractivity contribution >= 4 is 17.9 Å². The van der Waals surface area contributed by atoms with Crippen molar-refractivity contribution in [3.63, 3.8) is 0 Å². The molecule has 404 valence electrons. The van der Waals surface area contributed by atoms with Gasteiger partial charge in [-0.3, -0.25) is 14.4 Å². The van der Waals surface area contributed by atoms with E-state index in [0.29, 0.717) is 19.3 Å². The number of carbonyl (C=O) groups excluding carboxylic acids is 3. The average molecular weight is 962 g/mol. The quantitative estimate of drug-likeness (QED) is 0.0343. The number of hydrogen-bond acceptors (Lipinski definition) is 6. The van der Waals surface area contributed by atoms with Gasteiger partial charge in [0.15, 0.2) is 6.10 Å². The van der Waals surface area contributed by atoms with Crippen LogP contribution in [0.25, 0.3) is 0 Å². The molecule has 0 aliphatic carbocycles. The number of ether oxygens (including phenoxy) is 3. The topological polar surface area (TPSA) is 78.9 Å². The third-order valence-electron chi connectivity index (χ3n) is 14.6. The van der Waals surface area contributed by atoms with Gasteiger partial charge in [0, 0.05) is 19.3 Å². The van der Waals surface area contributed by atoms with E-state index in [9.17, 15) is 14.4 Å². The maximum Gasteiger partial charge on any atom is 0.306 e. The molecule has 1 unspecified atom stereocenters. The Morgan fingerprint density at radius 3 is 0.838 bits per heavy atom. The SMILES string of the molecule is CCCCCCCCCCCCCCCCCCCCCC(=O)OC[C@@H](COC(=O)CCCCCCCCC(C)C)OC(=O)CCCCCCCCCCCCCCCCCCCCC(C)CC. The molecule has 0 saturated heterocycles. The lowest BCUT2D eigenvalue weighted by Gasteiger charge is -2.18. The summed E-state index contributed by atoms with van der Waals surface area (Å²) in [5, 5.41) is 0. The van der Waals surface area contributed by atoms with Crippen LogP contribution >= 0.6 is 0 Å². The Balaban J connectivity index is 4.17. The number of hydrogen-bond donors (Lipinski definition) is 0.